The molecule has 2 fully saturated rings. The second-order valence-electron chi connectivity index (χ2n) is 8.70. The van der Waals surface area contributed by atoms with Gasteiger partial charge >= 0.3 is 0 Å². The lowest BCUT2D eigenvalue weighted by Crippen LogP contribution is -2.31. The lowest BCUT2D eigenvalue weighted by molar-refractivity contribution is -0.124. The molecule has 0 bridgehead atoms. The van der Waals surface area contributed by atoms with Crippen LogP contribution >= 0.6 is 48.0 Å². The number of nitrogens with zero attached hydrogens (tertiary/aromatic N) is 2. The average molecular weight is 617 g/mol. The van der Waals surface area contributed by atoms with E-state index in [-0.39, 0.29) is 59.1 Å². The molecule has 14 heteroatoms. The molecule has 2 aliphatic rings. The highest BCUT2D eigenvalue weighted by Gasteiger charge is 2.41. The fraction of sp³-hybridized carbons (Fsp3) is 0.231. The monoisotopic (exact) mass is 616 g/mol. The minimum Gasteiger partial charge on any atom is -0.508 e. The summed E-state index contributed by atoms with van der Waals surface area (Å²) < 4.78 is 0.602. The third-order valence-electron chi connectivity index (χ3n) is 5.78. The van der Waals surface area contributed by atoms with Crippen molar-refractivity contribution in [3.8, 4) is 11.5 Å². The SMILES string of the molecule is O=C(CCCN1C(=O)/C(=C2\SC(=S)N(CCCC(=O)Nc3ccc(O)cc3)C2=O)SC1=S)Nc1ccc(O)cc1. The molecule has 0 aromatic heterocycles. The van der Waals surface area contributed by atoms with E-state index in [2.05, 4.69) is 10.6 Å². The summed E-state index contributed by atoms with van der Waals surface area (Å²) >= 11 is 12.8. The van der Waals surface area contributed by atoms with Crippen molar-refractivity contribution in [3.05, 3.63) is 58.3 Å². The lowest BCUT2D eigenvalue weighted by Gasteiger charge is -2.14. The van der Waals surface area contributed by atoms with Crippen LogP contribution in [0, 0.1) is 0 Å². The van der Waals surface area contributed by atoms with E-state index in [9.17, 15) is 29.4 Å². The van der Waals surface area contributed by atoms with Crippen molar-refractivity contribution < 1.29 is 29.4 Å². The Bertz CT molecular complexity index is 1290. The normalized spacial score (nSPS) is 17.1. The van der Waals surface area contributed by atoms with Gasteiger partial charge in [-0.1, -0.05) is 48.0 Å². The molecule has 2 aromatic rings. The number of hydrogen-bond donors (Lipinski definition) is 4. The summed E-state index contributed by atoms with van der Waals surface area (Å²) in [4.78, 5) is 53.8. The minimum atomic E-state index is -0.400. The van der Waals surface area contributed by atoms with Gasteiger partial charge in [-0.15, -0.1) is 0 Å². The van der Waals surface area contributed by atoms with Crippen molar-refractivity contribution in [2.45, 2.75) is 25.7 Å². The highest BCUT2D eigenvalue weighted by atomic mass is 32.2. The molecule has 0 atom stereocenters. The Morgan fingerprint density at radius 2 is 1.02 bits per heavy atom. The molecule has 0 aliphatic carbocycles. The maximum Gasteiger partial charge on any atom is 0.267 e. The molecule has 4 rings (SSSR count). The van der Waals surface area contributed by atoms with Crippen LogP contribution in [-0.4, -0.2) is 65.4 Å². The van der Waals surface area contributed by atoms with E-state index >= 15 is 0 Å². The van der Waals surface area contributed by atoms with Gasteiger partial charge in [-0.3, -0.25) is 29.0 Å². The van der Waals surface area contributed by atoms with Crippen molar-refractivity contribution in [2.75, 3.05) is 23.7 Å². The summed E-state index contributed by atoms with van der Waals surface area (Å²) in [6.07, 6.45) is 1.01. The molecule has 4 N–H and O–H groups in total. The van der Waals surface area contributed by atoms with Crippen LogP contribution in [0.3, 0.4) is 0 Å². The van der Waals surface area contributed by atoms with Gasteiger partial charge in [0.2, 0.25) is 11.8 Å². The van der Waals surface area contributed by atoms with Crippen LogP contribution in [-0.2, 0) is 19.2 Å². The molecule has 0 unspecified atom stereocenters. The number of carbonyl (C=O) groups is 4. The number of phenolic OH excluding ortho intramolecular Hbond substituents is 2. The summed E-state index contributed by atoms with van der Waals surface area (Å²) in [5, 5.41) is 24.1. The van der Waals surface area contributed by atoms with Gasteiger partial charge < -0.3 is 20.8 Å². The minimum absolute atomic E-state index is 0.0960. The smallest absolute Gasteiger partial charge is 0.267 e. The van der Waals surface area contributed by atoms with Gasteiger partial charge in [0, 0.05) is 37.3 Å². The van der Waals surface area contributed by atoms with Crippen molar-refractivity contribution in [2.24, 2.45) is 0 Å². The molecule has 0 radical (unpaired) electrons. The zero-order valence-corrected chi connectivity index (χ0v) is 24.2. The maximum absolute atomic E-state index is 13.1. The van der Waals surface area contributed by atoms with Gasteiger partial charge in [-0.25, -0.2) is 0 Å². The van der Waals surface area contributed by atoms with Crippen LogP contribution in [0.4, 0.5) is 11.4 Å². The van der Waals surface area contributed by atoms with Crippen molar-refractivity contribution >= 4 is 91.6 Å². The summed E-state index contributed by atoms with van der Waals surface area (Å²) in [5.74, 6) is -1.09. The van der Waals surface area contributed by atoms with Crippen LogP contribution in [0.5, 0.6) is 11.5 Å². The number of rotatable bonds is 10. The predicted octanol–water partition coefficient (Wildman–Crippen LogP) is 4.17. The number of phenols is 2. The second kappa shape index (κ2) is 13.3. The first kappa shape index (κ1) is 29.5. The molecule has 2 saturated heterocycles. The van der Waals surface area contributed by atoms with E-state index in [0.29, 0.717) is 32.9 Å². The van der Waals surface area contributed by atoms with E-state index in [1.54, 1.807) is 24.3 Å². The fourth-order valence-corrected chi connectivity index (χ4v) is 6.56. The van der Waals surface area contributed by atoms with Gasteiger partial charge in [-0.05, 0) is 61.4 Å². The van der Waals surface area contributed by atoms with Gasteiger partial charge in [0.1, 0.15) is 20.1 Å². The van der Waals surface area contributed by atoms with E-state index in [1.165, 1.54) is 34.1 Å². The molecule has 0 saturated carbocycles. The molecule has 2 aliphatic heterocycles. The molecule has 4 amide bonds. The maximum atomic E-state index is 13.1. The number of amides is 4. The Morgan fingerprint density at radius 3 is 1.38 bits per heavy atom. The number of thiocarbonyl (C=S) groups is 2. The Labute approximate surface area is 249 Å². The number of hydrogen-bond acceptors (Lipinski definition) is 10. The molecule has 10 nitrogen and oxygen atoms in total. The quantitative estimate of drug-likeness (QED) is 0.175. The third-order valence-corrected chi connectivity index (χ3v) is 8.80. The molecule has 2 heterocycles. The Balaban J connectivity index is 1.27. The first-order chi connectivity index (χ1) is 19.1. The van der Waals surface area contributed by atoms with Crippen LogP contribution in [0.2, 0.25) is 0 Å². The number of aromatic hydroxyl groups is 2. The number of benzene rings is 2. The van der Waals surface area contributed by atoms with Gasteiger partial charge in [-0.2, -0.15) is 0 Å². The standard InChI is InChI=1S/C26H24N4O6S4/c31-17-9-5-15(6-10-17)27-19(33)3-1-13-29-23(35)21(39-25(29)37)22-24(36)30(26(38)40-22)14-2-4-20(34)28-16-7-11-18(32)12-8-16/h5-12,31-32H,1-4,13-14H2,(H,27,33)(H,28,34)/b22-21+. The Morgan fingerprint density at radius 1 is 0.675 bits per heavy atom. The fourth-order valence-electron chi connectivity index (χ4n) is 3.79. The number of carbonyl (C=O) groups excluding carboxylic acids is 4. The first-order valence-corrected chi connectivity index (χ1v) is 14.6. The first-order valence-electron chi connectivity index (χ1n) is 12.1. The van der Waals surface area contributed by atoms with Crippen LogP contribution in [0.1, 0.15) is 25.7 Å². The number of anilines is 2. The van der Waals surface area contributed by atoms with Gasteiger partial charge in [0.05, 0.1) is 9.81 Å². The molecule has 40 heavy (non-hydrogen) atoms. The molecular formula is C26H24N4O6S4. The van der Waals surface area contributed by atoms with Crippen LogP contribution in [0.25, 0.3) is 0 Å². The van der Waals surface area contributed by atoms with Crippen LogP contribution < -0.4 is 10.6 Å². The number of nitrogens with one attached hydrogen (secondary N) is 2. The summed E-state index contributed by atoms with van der Waals surface area (Å²) in [6, 6.07) is 12.2. The zero-order chi connectivity index (χ0) is 28.8. The highest BCUT2D eigenvalue weighted by molar-refractivity contribution is 8.29. The molecule has 2 aromatic carbocycles. The van der Waals surface area contributed by atoms with E-state index in [4.69, 9.17) is 24.4 Å². The third kappa shape index (κ3) is 7.38. The number of thioether (sulfide) groups is 2. The summed E-state index contributed by atoms with van der Waals surface area (Å²) in [7, 11) is 0. The van der Waals surface area contributed by atoms with Crippen molar-refractivity contribution in [1.29, 1.82) is 0 Å². The van der Waals surface area contributed by atoms with E-state index in [1.807, 2.05) is 0 Å². The Hall–Kier alpha value is -3.46. The molecule has 208 valence electrons. The average Bonchev–Trinajstić information content (AvgIpc) is 3.35. The lowest BCUT2D eigenvalue weighted by atomic mass is 10.2. The second-order valence-corrected chi connectivity index (χ2v) is 12.0. The topological polar surface area (TPSA) is 139 Å². The highest BCUT2D eigenvalue weighted by Crippen LogP contribution is 2.42. The van der Waals surface area contributed by atoms with Gasteiger partial charge in [0.25, 0.3) is 11.8 Å². The van der Waals surface area contributed by atoms with E-state index in [0.717, 1.165) is 23.5 Å². The van der Waals surface area contributed by atoms with E-state index < -0.39 is 11.8 Å². The largest absolute Gasteiger partial charge is 0.508 e. The Kier molecular flexibility index (Phi) is 9.79. The van der Waals surface area contributed by atoms with Crippen LogP contribution in [0.15, 0.2) is 58.3 Å². The van der Waals surface area contributed by atoms with Gasteiger partial charge in [0.15, 0.2) is 0 Å². The summed E-state index contributed by atoms with van der Waals surface area (Å²) in [6.45, 7) is 0.432. The predicted molar refractivity (Wildman–Crippen MR) is 163 cm³/mol. The summed E-state index contributed by atoms with van der Waals surface area (Å²) in [5.41, 5.74) is 1.10. The molecular weight excluding hydrogens is 593 g/mol. The molecule has 0 spiro atoms. The van der Waals surface area contributed by atoms with Crippen molar-refractivity contribution in [1.82, 2.24) is 9.80 Å². The zero-order valence-electron chi connectivity index (χ0n) is 20.9. The van der Waals surface area contributed by atoms with Crippen molar-refractivity contribution in [3.63, 3.8) is 0 Å².